The lowest BCUT2D eigenvalue weighted by molar-refractivity contribution is -0.138. The molecule has 2 saturated carbocycles. The molecule has 1 aliphatic heterocycles. The number of nitrogens with zero attached hydrogens (tertiary/aromatic N) is 1. The summed E-state index contributed by atoms with van der Waals surface area (Å²) in [7, 11) is 2.00. The van der Waals surface area contributed by atoms with Gasteiger partial charge in [-0.05, 0) is 76.8 Å². The molecule has 162 valence electrons. The second-order valence-corrected chi connectivity index (χ2v) is 9.15. The van der Waals surface area contributed by atoms with Gasteiger partial charge in [-0.15, -0.1) is 12.4 Å². The van der Waals surface area contributed by atoms with Crippen molar-refractivity contribution in [1.82, 2.24) is 15.5 Å². The lowest BCUT2D eigenvalue weighted by Crippen LogP contribution is -2.45. The summed E-state index contributed by atoms with van der Waals surface area (Å²) in [5.74, 6) is 2.10. The van der Waals surface area contributed by atoms with Gasteiger partial charge in [0.05, 0.1) is 0 Å². The van der Waals surface area contributed by atoms with Crippen LogP contribution in [0.25, 0.3) is 0 Å². The molecule has 2 amide bonds. The highest BCUT2D eigenvalue weighted by atomic mass is 35.5. The van der Waals surface area contributed by atoms with Crippen molar-refractivity contribution in [3.05, 3.63) is 0 Å². The summed E-state index contributed by atoms with van der Waals surface area (Å²) in [6, 6.07) is 0.284. The molecule has 28 heavy (non-hydrogen) atoms. The number of hydrogen-bond acceptors (Lipinski definition) is 3. The number of nitrogens with one attached hydrogen (secondary N) is 2. The average molecular weight is 414 g/mol. The molecule has 0 aromatic carbocycles. The Morgan fingerprint density at radius 3 is 2.11 bits per heavy atom. The van der Waals surface area contributed by atoms with Crippen molar-refractivity contribution >= 4 is 24.2 Å². The zero-order valence-corrected chi connectivity index (χ0v) is 18.4. The predicted octanol–water partition coefficient (Wildman–Crippen LogP) is 3.51. The number of likely N-dealkylation sites (tertiary alicyclic amines) is 1. The van der Waals surface area contributed by atoms with Crippen LogP contribution < -0.4 is 10.6 Å². The minimum atomic E-state index is 0. The first-order valence-corrected chi connectivity index (χ1v) is 11.4. The van der Waals surface area contributed by atoms with Gasteiger partial charge in [-0.25, -0.2) is 0 Å². The van der Waals surface area contributed by atoms with Crippen molar-refractivity contribution in [2.24, 2.45) is 17.8 Å². The van der Waals surface area contributed by atoms with Crippen LogP contribution in [0, 0.1) is 17.8 Å². The van der Waals surface area contributed by atoms with Crippen molar-refractivity contribution in [2.75, 3.05) is 26.7 Å². The summed E-state index contributed by atoms with van der Waals surface area (Å²) >= 11 is 0. The van der Waals surface area contributed by atoms with Gasteiger partial charge >= 0.3 is 0 Å². The minimum Gasteiger partial charge on any atom is -0.353 e. The predicted molar refractivity (Wildman–Crippen MR) is 116 cm³/mol. The second-order valence-electron chi connectivity index (χ2n) is 9.15. The van der Waals surface area contributed by atoms with E-state index >= 15 is 0 Å². The summed E-state index contributed by atoms with van der Waals surface area (Å²) in [6.07, 6.45) is 13.1. The van der Waals surface area contributed by atoms with Crippen LogP contribution in [-0.2, 0) is 9.59 Å². The molecule has 0 unspecified atom stereocenters. The fraction of sp³-hybridized carbons (Fsp3) is 0.909. The van der Waals surface area contributed by atoms with Gasteiger partial charge in [-0.2, -0.15) is 0 Å². The molecule has 0 aromatic heterocycles. The SMILES string of the molecule is CNCC1CCN(C(=O)C2CCC(NC(=O)CC3CCCCC3)CC2)CC1.Cl. The van der Waals surface area contributed by atoms with Crippen LogP contribution in [0.4, 0.5) is 0 Å². The Bertz CT molecular complexity index is 480. The maximum atomic E-state index is 12.8. The number of piperidine rings is 1. The first-order chi connectivity index (χ1) is 13.2. The third-order valence-corrected chi connectivity index (χ3v) is 7.06. The first-order valence-electron chi connectivity index (χ1n) is 11.4. The quantitative estimate of drug-likeness (QED) is 0.700. The summed E-state index contributed by atoms with van der Waals surface area (Å²) in [6.45, 7) is 2.90. The number of rotatable bonds is 6. The normalized spacial score (nSPS) is 27.1. The zero-order chi connectivity index (χ0) is 19.1. The number of hydrogen-bond donors (Lipinski definition) is 2. The molecule has 0 atom stereocenters. The molecule has 6 heteroatoms. The monoisotopic (exact) mass is 413 g/mol. The second kappa shape index (κ2) is 12.0. The molecule has 3 rings (SSSR count). The Morgan fingerprint density at radius 1 is 0.857 bits per heavy atom. The van der Waals surface area contributed by atoms with Gasteiger partial charge < -0.3 is 15.5 Å². The molecule has 3 fully saturated rings. The van der Waals surface area contributed by atoms with Crippen molar-refractivity contribution in [1.29, 1.82) is 0 Å². The van der Waals surface area contributed by atoms with Crippen LogP contribution in [-0.4, -0.2) is 49.4 Å². The summed E-state index contributed by atoms with van der Waals surface area (Å²) in [5, 5.41) is 6.51. The smallest absolute Gasteiger partial charge is 0.225 e. The molecule has 1 heterocycles. The van der Waals surface area contributed by atoms with E-state index in [1.165, 1.54) is 32.1 Å². The van der Waals surface area contributed by atoms with Crippen LogP contribution in [0.1, 0.15) is 77.0 Å². The Hall–Kier alpha value is -0.810. The summed E-state index contributed by atoms with van der Waals surface area (Å²) in [5.41, 5.74) is 0. The molecular formula is C22H40ClN3O2. The van der Waals surface area contributed by atoms with Gasteiger partial charge in [0.25, 0.3) is 0 Å². The van der Waals surface area contributed by atoms with Gasteiger partial charge in [0, 0.05) is 31.5 Å². The highest BCUT2D eigenvalue weighted by Gasteiger charge is 2.32. The molecule has 2 aliphatic carbocycles. The fourth-order valence-corrected chi connectivity index (χ4v) is 5.33. The van der Waals surface area contributed by atoms with E-state index in [4.69, 9.17) is 0 Å². The van der Waals surface area contributed by atoms with E-state index in [0.717, 1.165) is 58.2 Å². The Morgan fingerprint density at radius 2 is 1.50 bits per heavy atom. The summed E-state index contributed by atoms with van der Waals surface area (Å²) < 4.78 is 0. The average Bonchev–Trinajstić information content (AvgIpc) is 2.69. The Labute approximate surface area is 177 Å². The standard InChI is InChI=1S/C22H39N3O2.ClH/c1-23-16-18-11-13-25(14-12-18)22(27)19-7-9-20(10-8-19)24-21(26)15-17-5-3-2-4-6-17;/h17-20,23H,2-16H2,1H3,(H,24,26);1H. The highest BCUT2D eigenvalue weighted by Crippen LogP contribution is 2.29. The topological polar surface area (TPSA) is 61.4 Å². The summed E-state index contributed by atoms with van der Waals surface area (Å²) in [4.78, 5) is 27.3. The molecule has 3 aliphatic rings. The van der Waals surface area contributed by atoms with Crippen LogP contribution >= 0.6 is 12.4 Å². The first kappa shape index (κ1) is 23.5. The lowest BCUT2D eigenvalue weighted by Gasteiger charge is -2.36. The van der Waals surface area contributed by atoms with Crippen LogP contribution in [0.15, 0.2) is 0 Å². The van der Waals surface area contributed by atoms with Crippen molar-refractivity contribution in [3.63, 3.8) is 0 Å². The van der Waals surface area contributed by atoms with Crippen molar-refractivity contribution in [3.8, 4) is 0 Å². The Balaban J connectivity index is 0.00000280. The van der Waals surface area contributed by atoms with Crippen LogP contribution in [0.3, 0.4) is 0 Å². The van der Waals surface area contributed by atoms with Gasteiger partial charge in [0.15, 0.2) is 0 Å². The highest BCUT2D eigenvalue weighted by molar-refractivity contribution is 5.85. The van der Waals surface area contributed by atoms with Crippen LogP contribution in [0.2, 0.25) is 0 Å². The molecule has 0 radical (unpaired) electrons. The van der Waals surface area contributed by atoms with Gasteiger partial charge in [0.2, 0.25) is 11.8 Å². The number of amides is 2. The zero-order valence-electron chi connectivity index (χ0n) is 17.6. The molecule has 0 bridgehead atoms. The van der Waals surface area contributed by atoms with Crippen molar-refractivity contribution < 1.29 is 9.59 Å². The van der Waals surface area contributed by atoms with E-state index < -0.39 is 0 Å². The van der Waals surface area contributed by atoms with E-state index in [9.17, 15) is 9.59 Å². The maximum absolute atomic E-state index is 12.8. The van der Waals surface area contributed by atoms with E-state index in [1.54, 1.807) is 0 Å². The number of halogens is 1. The van der Waals surface area contributed by atoms with E-state index in [2.05, 4.69) is 15.5 Å². The molecule has 1 saturated heterocycles. The minimum absolute atomic E-state index is 0. The van der Waals surface area contributed by atoms with Crippen LogP contribution in [0.5, 0.6) is 0 Å². The number of carbonyl (C=O) groups excluding carboxylic acids is 2. The largest absolute Gasteiger partial charge is 0.353 e. The van der Waals surface area contributed by atoms with E-state index in [-0.39, 0.29) is 30.3 Å². The van der Waals surface area contributed by atoms with Gasteiger partial charge in [0.1, 0.15) is 0 Å². The van der Waals surface area contributed by atoms with Crippen molar-refractivity contribution in [2.45, 2.75) is 83.1 Å². The van der Waals surface area contributed by atoms with E-state index in [0.29, 0.717) is 24.2 Å². The fourth-order valence-electron chi connectivity index (χ4n) is 5.33. The third kappa shape index (κ3) is 6.91. The van der Waals surface area contributed by atoms with Gasteiger partial charge in [-0.1, -0.05) is 19.3 Å². The van der Waals surface area contributed by atoms with Gasteiger partial charge in [-0.3, -0.25) is 9.59 Å². The Kier molecular flexibility index (Phi) is 10.1. The molecular weight excluding hydrogens is 374 g/mol. The third-order valence-electron chi connectivity index (χ3n) is 7.06. The molecule has 0 aromatic rings. The molecule has 5 nitrogen and oxygen atoms in total. The number of carbonyl (C=O) groups is 2. The molecule has 0 spiro atoms. The molecule has 2 N–H and O–H groups in total. The lowest BCUT2D eigenvalue weighted by atomic mass is 9.83. The maximum Gasteiger partial charge on any atom is 0.225 e. The van der Waals surface area contributed by atoms with E-state index in [1.807, 2.05) is 7.05 Å².